The van der Waals surface area contributed by atoms with E-state index in [9.17, 15) is 14.7 Å². The molecule has 53 heavy (non-hydrogen) atoms. The Morgan fingerprint density at radius 3 is 2.64 bits per heavy atom. The van der Waals surface area contributed by atoms with E-state index < -0.39 is 0 Å². The molecule has 0 radical (unpaired) electrons. The summed E-state index contributed by atoms with van der Waals surface area (Å²) in [5.41, 5.74) is 9.04. The van der Waals surface area contributed by atoms with E-state index in [1.54, 1.807) is 18.2 Å². The first-order valence-electron chi connectivity index (χ1n) is 18.2. The Balaban J connectivity index is 0.997. The summed E-state index contributed by atoms with van der Waals surface area (Å²) < 4.78 is 4.30. The lowest BCUT2D eigenvalue weighted by Crippen LogP contribution is -2.47. The van der Waals surface area contributed by atoms with Gasteiger partial charge in [-0.2, -0.15) is 0 Å². The molecule has 3 aromatic heterocycles. The molecule has 5 N–H and O–H groups in total. The number of imidazole rings is 1. The van der Waals surface area contributed by atoms with Gasteiger partial charge in [-0.1, -0.05) is 36.9 Å². The highest BCUT2D eigenvalue weighted by Gasteiger charge is 2.33. The predicted molar refractivity (Wildman–Crippen MR) is 205 cm³/mol. The summed E-state index contributed by atoms with van der Waals surface area (Å²) in [4.78, 5) is 37.6. The molecule has 1 fully saturated rings. The molecule has 1 unspecified atom stereocenters. The summed E-state index contributed by atoms with van der Waals surface area (Å²) in [6.45, 7) is 11.6. The number of rotatable bonds is 13. The topological polar surface area (TPSA) is 135 Å². The highest BCUT2D eigenvalue weighted by atomic mass is 16.3. The first kappa shape index (κ1) is 34.4. The Hall–Kier alpha value is -5.69. The Kier molecular flexibility index (Phi) is 9.57. The number of aromatic nitrogens is 4. The van der Waals surface area contributed by atoms with E-state index in [1.807, 2.05) is 30.1 Å². The van der Waals surface area contributed by atoms with E-state index in [0.29, 0.717) is 31.7 Å². The minimum Gasteiger partial charge on any atom is -0.508 e. The van der Waals surface area contributed by atoms with E-state index in [4.69, 9.17) is 0 Å². The van der Waals surface area contributed by atoms with Gasteiger partial charge < -0.3 is 35.2 Å². The molecule has 6 aromatic rings. The molecule has 2 aliphatic rings. The molecule has 8 rings (SSSR count). The van der Waals surface area contributed by atoms with Gasteiger partial charge in [-0.15, -0.1) is 0 Å². The Labute approximate surface area is 308 Å². The molecule has 2 aliphatic heterocycles. The number of phenols is 1. The van der Waals surface area contributed by atoms with E-state index in [1.165, 1.54) is 28.1 Å². The molecule has 2 amide bonds. The van der Waals surface area contributed by atoms with Gasteiger partial charge >= 0.3 is 0 Å². The van der Waals surface area contributed by atoms with E-state index in [2.05, 4.69) is 89.6 Å². The van der Waals surface area contributed by atoms with Gasteiger partial charge in [-0.25, -0.2) is 4.98 Å². The summed E-state index contributed by atoms with van der Waals surface area (Å²) in [5.74, 6) is -0.122. The average molecular weight is 712 g/mol. The number of nitrogens with zero attached hydrogens (tertiary/aromatic N) is 5. The van der Waals surface area contributed by atoms with Gasteiger partial charge in [0.2, 0.25) is 5.91 Å². The molecule has 5 heterocycles. The Morgan fingerprint density at radius 2 is 1.83 bits per heavy atom. The van der Waals surface area contributed by atoms with Crippen molar-refractivity contribution in [3.8, 4) is 5.75 Å². The maximum absolute atomic E-state index is 12.9. The van der Waals surface area contributed by atoms with Crippen molar-refractivity contribution < 1.29 is 14.7 Å². The minimum atomic E-state index is -0.366. The van der Waals surface area contributed by atoms with Crippen LogP contribution in [0.25, 0.3) is 21.8 Å². The van der Waals surface area contributed by atoms with Crippen molar-refractivity contribution in [3.05, 3.63) is 131 Å². The first-order chi connectivity index (χ1) is 25.8. The van der Waals surface area contributed by atoms with Gasteiger partial charge in [0.05, 0.1) is 24.6 Å². The van der Waals surface area contributed by atoms with Crippen molar-refractivity contribution >= 4 is 33.6 Å². The maximum atomic E-state index is 12.9. The standard InChI is InChI=1S/C41H45N9O3/c1-3-38(52)43-12-13-48-14-16-49(17-15-48)22-28-23-50(25-29-24-47(2)26-44-29)37-18-27(8-10-31(28)37)20-42-21-36-39(33-6-4-5-7-35(33)45-36)40-34-19-30(51)9-11-32(34)41(53)46-40/h3-11,18-19,23-24,26,40,42,45,51H,1,12-17,20-22,25H2,2H3,(H,43,52)(H,46,53). The molecule has 0 spiro atoms. The van der Waals surface area contributed by atoms with Crippen LogP contribution >= 0.6 is 0 Å². The number of aromatic amines is 1. The van der Waals surface area contributed by atoms with E-state index in [-0.39, 0.29) is 23.6 Å². The highest BCUT2D eigenvalue weighted by Crippen LogP contribution is 2.38. The van der Waals surface area contributed by atoms with Gasteiger partial charge in [0.25, 0.3) is 5.91 Å². The largest absolute Gasteiger partial charge is 0.508 e. The predicted octanol–water partition coefficient (Wildman–Crippen LogP) is 4.15. The van der Waals surface area contributed by atoms with Crippen LogP contribution in [0.3, 0.4) is 0 Å². The van der Waals surface area contributed by atoms with Crippen molar-refractivity contribution in [2.45, 2.75) is 32.2 Å². The number of benzene rings is 3. The molecule has 0 bridgehead atoms. The molecule has 1 saturated heterocycles. The van der Waals surface area contributed by atoms with Crippen LogP contribution in [0.5, 0.6) is 5.75 Å². The third kappa shape index (κ3) is 7.21. The summed E-state index contributed by atoms with van der Waals surface area (Å²) in [6.07, 6.45) is 7.51. The van der Waals surface area contributed by atoms with Gasteiger partial charge in [0, 0.05) is 117 Å². The van der Waals surface area contributed by atoms with Gasteiger partial charge in [0.1, 0.15) is 5.75 Å². The van der Waals surface area contributed by atoms with Gasteiger partial charge in [-0.05, 0) is 53.1 Å². The third-order valence-corrected chi connectivity index (χ3v) is 10.5. The van der Waals surface area contributed by atoms with Crippen molar-refractivity contribution in [3.63, 3.8) is 0 Å². The zero-order chi connectivity index (χ0) is 36.5. The number of carbonyl (C=O) groups is 2. The fourth-order valence-electron chi connectivity index (χ4n) is 7.86. The normalized spacial score (nSPS) is 16.3. The van der Waals surface area contributed by atoms with Crippen LogP contribution in [-0.2, 0) is 38.0 Å². The Bertz CT molecular complexity index is 2310. The zero-order valence-corrected chi connectivity index (χ0v) is 29.9. The monoisotopic (exact) mass is 711 g/mol. The number of amides is 2. The molecule has 3 aromatic carbocycles. The number of piperazine rings is 1. The zero-order valence-electron chi connectivity index (χ0n) is 29.9. The second kappa shape index (κ2) is 14.7. The molecule has 12 heteroatoms. The smallest absolute Gasteiger partial charge is 0.252 e. The summed E-state index contributed by atoms with van der Waals surface area (Å²) in [7, 11) is 1.99. The number of hydrogen-bond donors (Lipinski definition) is 5. The summed E-state index contributed by atoms with van der Waals surface area (Å²) in [6, 6.07) is 19.5. The fourth-order valence-corrected chi connectivity index (χ4v) is 7.86. The second-order valence-electron chi connectivity index (χ2n) is 14.1. The molecule has 272 valence electrons. The van der Waals surface area contributed by atoms with Gasteiger partial charge in [0.15, 0.2) is 0 Å². The molecular formula is C41H45N9O3. The van der Waals surface area contributed by atoms with Crippen LogP contribution in [0.15, 0.2) is 92.0 Å². The number of fused-ring (bicyclic) bond motifs is 3. The first-order valence-corrected chi connectivity index (χ1v) is 18.2. The van der Waals surface area contributed by atoms with Crippen LogP contribution in [-0.4, -0.2) is 85.1 Å². The number of hydrogen-bond acceptors (Lipinski definition) is 7. The lowest BCUT2D eigenvalue weighted by atomic mass is 9.95. The van der Waals surface area contributed by atoms with Crippen LogP contribution in [0.4, 0.5) is 0 Å². The summed E-state index contributed by atoms with van der Waals surface area (Å²) >= 11 is 0. The highest BCUT2D eigenvalue weighted by molar-refractivity contribution is 6.01. The SMILES string of the molecule is C=CC(=O)NCCN1CCN(Cc2cn(Cc3cn(C)cn3)c3cc(CNCc4[nH]c5ccccc5c4C4NC(=O)c5ccc(O)cc54)ccc23)CC1. The van der Waals surface area contributed by atoms with E-state index >= 15 is 0 Å². The molecule has 0 saturated carbocycles. The average Bonchev–Trinajstić information content (AvgIpc) is 3.92. The van der Waals surface area contributed by atoms with Crippen LogP contribution in [0.2, 0.25) is 0 Å². The van der Waals surface area contributed by atoms with Crippen molar-refractivity contribution in [2.24, 2.45) is 7.05 Å². The van der Waals surface area contributed by atoms with Crippen molar-refractivity contribution in [1.82, 2.24) is 44.9 Å². The molecular weight excluding hydrogens is 667 g/mol. The van der Waals surface area contributed by atoms with Crippen molar-refractivity contribution in [1.29, 1.82) is 0 Å². The van der Waals surface area contributed by atoms with Gasteiger partial charge in [-0.3, -0.25) is 19.4 Å². The van der Waals surface area contributed by atoms with Crippen LogP contribution < -0.4 is 16.0 Å². The fraction of sp³-hybridized carbons (Fsp3) is 0.293. The second-order valence-corrected chi connectivity index (χ2v) is 14.1. The lowest BCUT2D eigenvalue weighted by Gasteiger charge is -2.34. The summed E-state index contributed by atoms with van der Waals surface area (Å²) in [5, 5.41) is 22.3. The molecule has 0 aliphatic carbocycles. The number of para-hydroxylation sites is 1. The third-order valence-electron chi connectivity index (χ3n) is 10.5. The molecule has 1 atom stereocenters. The lowest BCUT2D eigenvalue weighted by molar-refractivity contribution is -0.116. The van der Waals surface area contributed by atoms with Crippen LogP contribution in [0.1, 0.15) is 50.0 Å². The number of carbonyl (C=O) groups excluding carboxylic acids is 2. The van der Waals surface area contributed by atoms with Crippen LogP contribution in [0, 0.1) is 0 Å². The number of phenolic OH excluding ortho intramolecular Hbond substituents is 1. The molecule has 12 nitrogen and oxygen atoms in total. The van der Waals surface area contributed by atoms with Crippen molar-refractivity contribution in [2.75, 3.05) is 39.3 Å². The number of H-pyrrole nitrogens is 1. The number of aryl methyl sites for hydroxylation is 1. The quantitative estimate of drug-likeness (QED) is 0.114. The number of nitrogens with one attached hydrogen (secondary N) is 4. The maximum Gasteiger partial charge on any atom is 0.252 e. The minimum absolute atomic E-state index is 0.127. The number of aromatic hydroxyl groups is 1. The van der Waals surface area contributed by atoms with E-state index in [0.717, 1.165) is 72.7 Å². The Morgan fingerprint density at radius 1 is 1.00 bits per heavy atom.